The number of furan rings is 1. The van der Waals surface area contributed by atoms with E-state index < -0.39 is 0 Å². The highest BCUT2D eigenvalue weighted by Gasteiger charge is 2.37. The van der Waals surface area contributed by atoms with Crippen LogP contribution in [0.4, 0.5) is 0 Å². The highest BCUT2D eigenvalue weighted by Crippen LogP contribution is 2.34. The van der Waals surface area contributed by atoms with Crippen molar-refractivity contribution in [3.8, 4) is 5.75 Å². The molecule has 7 heteroatoms. The maximum Gasteiger partial charge on any atom is 0.242 e. The summed E-state index contributed by atoms with van der Waals surface area (Å²) in [6.45, 7) is 2.91. The van der Waals surface area contributed by atoms with Crippen LogP contribution in [0.1, 0.15) is 18.2 Å². The third-order valence-corrected chi connectivity index (χ3v) is 5.70. The molecule has 1 saturated heterocycles. The van der Waals surface area contributed by atoms with Gasteiger partial charge in [-0.3, -0.25) is 9.69 Å². The fourth-order valence-electron chi connectivity index (χ4n) is 2.53. The van der Waals surface area contributed by atoms with E-state index in [0.29, 0.717) is 23.9 Å². The fraction of sp³-hybridized carbons (Fsp3) is 0.294. The van der Waals surface area contributed by atoms with Crippen molar-refractivity contribution in [3.63, 3.8) is 0 Å². The lowest BCUT2D eigenvalue weighted by atomic mass is 10.1. The first-order valence-corrected chi connectivity index (χ1v) is 9.62. The van der Waals surface area contributed by atoms with Gasteiger partial charge in [0.1, 0.15) is 15.8 Å². The maximum atomic E-state index is 12.7. The molecule has 0 N–H and O–H groups in total. The van der Waals surface area contributed by atoms with Crippen molar-refractivity contribution in [2.45, 2.75) is 25.1 Å². The molecular formula is C17H16BrNO3S2. The largest absolute Gasteiger partial charge is 0.494 e. The molecule has 1 aromatic carbocycles. The summed E-state index contributed by atoms with van der Waals surface area (Å²) in [7, 11) is 0. The van der Waals surface area contributed by atoms with E-state index in [4.69, 9.17) is 21.4 Å². The molecule has 1 aromatic heterocycles. The molecule has 0 bridgehead atoms. The standard InChI is InChI=1S/C17H16BrNO3S2/c1-2-21-14-6-5-12(18)8-11(14)9-15-16(20)19(17(23)24-15)10-13-4-3-7-22-13/h3-8,15H,2,9-10H2,1H3/t15-/m1/s1. The molecular weight excluding hydrogens is 410 g/mol. The van der Waals surface area contributed by atoms with Crippen molar-refractivity contribution >= 4 is 50.1 Å². The number of benzene rings is 1. The molecule has 1 fully saturated rings. The Morgan fingerprint density at radius 3 is 2.96 bits per heavy atom. The molecule has 0 saturated carbocycles. The molecule has 0 radical (unpaired) electrons. The molecule has 1 atom stereocenters. The summed E-state index contributed by atoms with van der Waals surface area (Å²) in [5.41, 5.74) is 1.000. The van der Waals surface area contributed by atoms with Crippen LogP contribution in [0.15, 0.2) is 45.5 Å². The number of thioether (sulfide) groups is 1. The molecule has 0 unspecified atom stereocenters. The van der Waals surface area contributed by atoms with E-state index in [1.54, 1.807) is 17.2 Å². The smallest absolute Gasteiger partial charge is 0.242 e. The van der Waals surface area contributed by atoms with Crippen molar-refractivity contribution in [1.82, 2.24) is 4.90 Å². The summed E-state index contributed by atoms with van der Waals surface area (Å²) < 4.78 is 12.6. The van der Waals surface area contributed by atoms with Crippen LogP contribution in [0.2, 0.25) is 0 Å². The van der Waals surface area contributed by atoms with Crippen molar-refractivity contribution in [2.75, 3.05) is 6.61 Å². The molecule has 1 amide bonds. The normalized spacial score (nSPS) is 17.6. The lowest BCUT2D eigenvalue weighted by Gasteiger charge is -2.15. The monoisotopic (exact) mass is 425 g/mol. The number of rotatable bonds is 6. The molecule has 4 nitrogen and oxygen atoms in total. The average Bonchev–Trinajstić information content (AvgIpc) is 3.15. The Morgan fingerprint density at radius 2 is 2.25 bits per heavy atom. The van der Waals surface area contributed by atoms with Crippen LogP contribution in [-0.4, -0.2) is 27.0 Å². The third kappa shape index (κ3) is 3.84. The van der Waals surface area contributed by atoms with Crippen molar-refractivity contribution in [1.29, 1.82) is 0 Å². The topological polar surface area (TPSA) is 42.7 Å². The molecule has 3 rings (SSSR count). The van der Waals surface area contributed by atoms with E-state index in [1.165, 1.54) is 11.8 Å². The Morgan fingerprint density at radius 1 is 1.42 bits per heavy atom. The van der Waals surface area contributed by atoms with E-state index in [2.05, 4.69) is 15.9 Å². The number of nitrogens with zero attached hydrogens (tertiary/aromatic N) is 1. The zero-order chi connectivity index (χ0) is 17.1. The fourth-order valence-corrected chi connectivity index (χ4v) is 4.46. The highest BCUT2D eigenvalue weighted by atomic mass is 79.9. The number of halogens is 1. The van der Waals surface area contributed by atoms with Gasteiger partial charge >= 0.3 is 0 Å². The van der Waals surface area contributed by atoms with Gasteiger partial charge in [0.25, 0.3) is 0 Å². The number of carbonyl (C=O) groups is 1. The van der Waals surface area contributed by atoms with Crippen molar-refractivity contribution in [2.24, 2.45) is 0 Å². The van der Waals surface area contributed by atoms with Gasteiger partial charge in [0.15, 0.2) is 0 Å². The van der Waals surface area contributed by atoms with E-state index in [1.807, 2.05) is 31.2 Å². The quantitative estimate of drug-likeness (QED) is 0.641. The number of amides is 1. The van der Waals surface area contributed by atoms with Gasteiger partial charge in [0.05, 0.1) is 24.7 Å². The molecule has 126 valence electrons. The van der Waals surface area contributed by atoms with Gasteiger partial charge in [-0.05, 0) is 49.2 Å². The number of ether oxygens (including phenoxy) is 1. The van der Waals surface area contributed by atoms with Gasteiger partial charge in [-0.2, -0.15) is 0 Å². The number of carbonyl (C=O) groups excluding carboxylic acids is 1. The minimum Gasteiger partial charge on any atom is -0.494 e. The van der Waals surface area contributed by atoms with Gasteiger partial charge in [-0.15, -0.1) is 0 Å². The molecule has 2 aromatic rings. The maximum absolute atomic E-state index is 12.7. The first kappa shape index (κ1) is 17.5. The van der Waals surface area contributed by atoms with Crippen LogP contribution >= 0.6 is 39.9 Å². The first-order chi connectivity index (χ1) is 11.6. The van der Waals surface area contributed by atoms with Gasteiger partial charge in [0, 0.05) is 4.47 Å². The minimum atomic E-state index is -0.235. The lowest BCUT2D eigenvalue weighted by Crippen LogP contribution is -2.31. The predicted molar refractivity (Wildman–Crippen MR) is 102 cm³/mol. The van der Waals surface area contributed by atoms with Crippen LogP contribution in [0.25, 0.3) is 0 Å². The number of hydrogen-bond donors (Lipinski definition) is 0. The van der Waals surface area contributed by atoms with E-state index in [9.17, 15) is 4.79 Å². The third-order valence-electron chi connectivity index (χ3n) is 3.63. The van der Waals surface area contributed by atoms with Crippen LogP contribution in [0.5, 0.6) is 5.75 Å². The Hall–Kier alpha value is -1.31. The van der Waals surface area contributed by atoms with Crippen LogP contribution in [0.3, 0.4) is 0 Å². The Labute approximate surface area is 158 Å². The van der Waals surface area contributed by atoms with Crippen LogP contribution < -0.4 is 4.74 Å². The van der Waals surface area contributed by atoms with Gasteiger partial charge in [-0.1, -0.05) is 39.9 Å². The number of hydrogen-bond acceptors (Lipinski definition) is 5. The second-order valence-corrected chi connectivity index (χ2v) is 8.02. The minimum absolute atomic E-state index is 0.0174. The number of thiocarbonyl (C=S) groups is 1. The second-order valence-electron chi connectivity index (χ2n) is 5.27. The van der Waals surface area contributed by atoms with E-state index in [-0.39, 0.29) is 11.2 Å². The molecule has 1 aliphatic rings. The molecule has 1 aliphatic heterocycles. The molecule has 0 spiro atoms. The van der Waals surface area contributed by atoms with Gasteiger partial charge in [0.2, 0.25) is 5.91 Å². The molecule has 24 heavy (non-hydrogen) atoms. The Kier molecular flexibility index (Phi) is 5.63. The van der Waals surface area contributed by atoms with Crippen LogP contribution in [0, 0.1) is 0 Å². The Bertz CT molecular complexity index is 748. The van der Waals surface area contributed by atoms with Crippen LogP contribution in [-0.2, 0) is 17.8 Å². The highest BCUT2D eigenvalue weighted by molar-refractivity contribution is 9.10. The summed E-state index contributed by atoms with van der Waals surface area (Å²) >= 11 is 10.3. The predicted octanol–water partition coefficient (Wildman–Crippen LogP) is 4.41. The summed E-state index contributed by atoms with van der Waals surface area (Å²) in [5.74, 6) is 1.55. The molecule has 0 aliphatic carbocycles. The summed E-state index contributed by atoms with van der Waals surface area (Å²) in [5, 5.41) is -0.235. The second kappa shape index (κ2) is 7.72. The van der Waals surface area contributed by atoms with Gasteiger partial charge in [-0.25, -0.2) is 0 Å². The Balaban J connectivity index is 1.75. The first-order valence-electron chi connectivity index (χ1n) is 7.54. The lowest BCUT2D eigenvalue weighted by molar-refractivity contribution is -0.126. The van der Waals surface area contributed by atoms with E-state index >= 15 is 0 Å². The molecule has 2 heterocycles. The van der Waals surface area contributed by atoms with Gasteiger partial charge < -0.3 is 9.15 Å². The average molecular weight is 426 g/mol. The summed E-state index contributed by atoms with van der Waals surface area (Å²) in [6, 6.07) is 9.50. The van der Waals surface area contributed by atoms with Crippen molar-refractivity contribution in [3.05, 3.63) is 52.4 Å². The van der Waals surface area contributed by atoms with Crippen molar-refractivity contribution < 1.29 is 13.9 Å². The SMILES string of the molecule is CCOc1ccc(Br)cc1C[C@H]1SC(=S)N(Cc2ccco2)C1=O. The zero-order valence-electron chi connectivity index (χ0n) is 13.0. The summed E-state index contributed by atoms with van der Waals surface area (Å²) in [4.78, 5) is 14.3. The zero-order valence-corrected chi connectivity index (χ0v) is 16.2. The van der Waals surface area contributed by atoms with E-state index in [0.717, 1.165) is 21.5 Å². The summed E-state index contributed by atoms with van der Waals surface area (Å²) in [6.07, 6.45) is 2.17.